The van der Waals surface area contributed by atoms with E-state index in [2.05, 4.69) is 16.9 Å². The third kappa shape index (κ3) is 4.17. The van der Waals surface area contributed by atoms with Gasteiger partial charge in [0.2, 0.25) is 0 Å². The molecule has 29 heavy (non-hydrogen) atoms. The zero-order valence-corrected chi connectivity index (χ0v) is 16.7. The molecule has 1 aliphatic rings. The lowest BCUT2D eigenvalue weighted by molar-refractivity contribution is 0.0792. The second-order valence-electron chi connectivity index (χ2n) is 7.11. The summed E-state index contributed by atoms with van der Waals surface area (Å²) in [6.45, 7) is 1.28. The van der Waals surface area contributed by atoms with E-state index in [0.717, 1.165) is 6.42 Å². The number of nitrogens with zero attached hydrogens (tertiary/aromatic N) is 1. The van der Waals surface area contributed by atoms with Gasteiger partial charge in [-0.2, -0.15) is 0 Å². The Bertz CT molecular complexity index is 1100. The highest BCUT2D eigenvalue weighted by atomic mass is 32.2. The van der Waals surface area contributed by atoms with Crippen molar-refractivity contribution in [1.82, 2.24) is 4.90 Å². The van der Waals surface area contributed by atoms with Crippen molar-refractivity contribution in [3.8, 4) is 0 Å². The van der Waals surface area contributed by atoms with Crippen molar-refractivity contribution in [1.29, 1.82) is 0 Å². The summed E-state index contributed by atoms with van der Waals surface area (Å²) in [5.41, 5.74) is 1.88. The van der Waals surface area contributed by atoms with Crippen LogP contribution in [0.25, 0.3) is 0 Å². The van der Waals surface area contributed by atoms with Gasteiger partial charge in [-0.05, 0) is 36.2 Å². The molecule has 0 aliphatic carbocycles. The molecule has 1 fully saturated rings. The predicted molar refractivity (Wildman–Crippen MR) is 113 cm³/mol. The average Bonchev–Trinajstić information content (AvgIpc) is 3.25. The van der Waals surface area contributed by atoms with Gasteiger partial charge in [-0.3, -0.25) is 9.52 Å². The Morgan fingerprint density at radius 3 is 2.21 bits per heavy atom. The first-order valence-electron chi connectivity index (χ1n) is 9.56. The average molecular weight is 407 g/mol. The van der Waals surface area contributed by atoms with Gasteiger partial charge in [0.05, 0.1) is 16.1 Å². The minimum absolute atomic E-state index is 0.158. The van der Waals surface area contributed by atoms with Gasteiger partial charge in [-0.1, -0.05) is 60.7 Å². The number of carbonyl (C=O) groups excluding carboxylic acids is 1. The fourth-order valence-electron chi connectivity index (χ4n) is 3.67. The number of nitrogens with one attached hydrogen (secondary N) is 1. The Hall–Kier alpha value is -3.12. The molecule has 0 aromatic heterocycles. The van der Waals surface area contributed by atoms with Gasteiger partial charge in [0.1, 0.15) is 0 Å². The first-order chi connectivity index (χ1) is 14.0. The number of benzene rings is 3. The van der Waals surface area contributed by atoms with Crippen molar-refractivity contribution in [2.24, 2.45) is 0 Å². The van der Waals surface area contributed by atoms with Crippen LogP contribution in [0.5, 0.6) is 0 Å². The van der Waals surface area contributed by atoms with Crippen LogP contribution in [0.1, 0.15) is 28.3 Å². The van der Waals surface area contributed by atoms with Crippen LogP contribution < -0.4 is 4.72 Å². The molecule has 4 rings (SSSR count). The van der Waals surface area contributed by atoms with E-state index in [1.165, 1.54) is 17.7 Å². The molecule has 0 bridgehead atoms. The number of hydrogen-bond donors (Lipinski definition) is 1. The zero-order valence-electron chi connectivity index (χ0n) is 15.9. The zero-order chi connectivity index (χ0) is 20.3. The number of amides is 1. The summed E-state index contributed by atoms with van der Waals surface area (Å²) in [7, 11) is -3.77. The van der Waals surface area contributed by atoms with Crippen molar-refractivity contribution in [3.05, 3.63) is 96.1 Å². The molecule has 1 unspecified atom stereocenters. The Morgan fingerprint density at radius 1 is 0.862 bits per heavy atom. The molecule has 1 N–H and O–H groups in total. The van der Waals surface area contributed by atoms with E-state index in [0.29, 0.717) is 30.3 Å². The smallest absolute Gasteiger partial charge is 0.261 e. The highest BCUT2D eigenvalue weighted by molar-refractivity contribution is 7.92. The first-order valence-corrected chi connectivity index (χ1v) is 11.0. The minimum Gasteiger partial charge on any atom is -0.338 e. The fourth-order valence-corrected chi connectivity index (χ4v) is 4.78. The molecule has 1 aliphatic heterocycles. The van der Waals surface area contributed by atoms with Gasteiger partial charge in [-0.15, -0.1) is 0 Å². The normalized spacial score (nSPS) is 16.6. The van der Waals surface area contributed by atoms with E-state index in [-0.39, 0.29) is 10.8 Å². The first kappa shape index (κ1) is 19.2. The molecule has 1 saturated heterocycles. The van der Waals surface area contributed by atoms with Gasteiger partial charge in [-0.25, -0.2) is 8.42 Å². The number of rotatable bonds is 5. The summed E-state index contributed by atoms with van der Waals surface area (Å²) in [5.74, 6) is 0.142. The number of carbonyl (C=O) groups is 1. The van der Waals surface area contributed by atoms with Crippen LogP contribution in [0.3, 0.4) is 0 Å². The SMILES string of the molecule is O=C(c1ccccc1NS(=O)(=O)c1ccccc1)N1CCC(c2ccccc2)C1. The molecule has 1 heterocycles. The van der Waals surface area contributed by atoms with Gasteiger partial charge in [0.15, 0.2) is 0 Å². The highest BCUT2D eigenvalue weighted by Gasteiger charge is 2.29. The lowest BCUT2D eigenvalue weighted by Crippen LogP contribution is -2.29. The van der Waals surface area contributed by atoms with Gasteiger partial charge in [0, 0.05) is 19.0 Å². The van der Waals surface area contributed by atoms with Gasteiger partial charge < -0.3 is 4.90 Å². The molecule has 0 saturated carbocycles. The maximum absolute atomic E-state index is 13.2. The Balaban J connectivity index is 1.55. The summed E-state index contributed by atoms with van der Waals surface area (Å²) in [4.78, 5) is 15.1. The Kier molecular flexibility index (Phi) is 5.36. The van der Waals surface area contributed by atoms with Crippen LogP contribution in [0.2, 0.25) is 0 Å². The molecule has 3 aromatic rings. The van der Waals surface area contributed by atoms with E-state index in [9.17, 15) is 13.2 Å². The molecule has 3 aromatic carbocycles. The quantitative estimate of drug-likeness (QED) is 0.693. The summed E-state index contributed by atoms with van der Waals surface area (Å²) in [6, 6.07) is 25.1. The van der Waals surface area contributed by atoms with E-state index < -0.39 is 10.0 Å². The third-order valence-corrected chi connectivity index (χ3v) is 6.58. The summed E-state index contributed by atoms with van der Waals surface area (Å²) in [6.07, 6.45) is 0.896. The topological polar surface area (TPSA) is 66.5 Å². The highest BCUT2D eigenvalue weighted by Crippen LogP contribution is 2.29. The predicted octanol–water partition coefficient (Wildman–Crippen LogP) is 4.12. The van der Waals surface area contributed by atoms with Crippen molar-refractivity contribution in [2.75, 3.05) is 17.8 Å². The lowest BCUT2D eigenvalue weighted by Gasteiger charge is -2.19. The molecule has 148 valence electrons. The third-order valence-electron chi connectivity index (χ3n) is 5.20. The number of likely N-dealkylation sites (tertiary alicyclic amines) is 1. The number of para-hydroxylation sites is 1. The van der Waals surface area contributed by atoms with Crippen LogP contribution in [-0.2, 0) is 10.0 Å². The van der Waals surface area contributed by atoms with Crippen molar-refractivity contribution in [3.63, 3.8) is 0 Å². The number of anilines is 1. The van der Waals surface area contributed by atoms with Crippen molar-refractivity contribution < 1.29 is 13.2 Å². The molecule has 0 spiro atoms. The maximum Gasteiger partial charge on any atom is 0.261 e. The van der Waals surface area contributed by atoms with E-state index >= 15 is 0 Å². The molecular formula is C23H22N2O3S. The van der Waals surface area contributed by atoms with E-state index in [1.807, 2.05) is 18.2 Å². The van der Waals surface area contributed by atoms with Crippen molar-refractivity contribution >= 4 is 21.6 Å². The largest absolute Gasteiger partial charge is 0.338 e. The van der Waals surface area contributed by atoms with E-state index in [4.69, 9.17) is 0 Å². The van der Waals surface area contributed by atoms with Crippen LogP contribution >= 0.6 is 0 Å². The lowest BCUT2D eigenvalue weighted by atomic mass is 9.99. The van der Waals surface area contributed by atoms with Crippen LogP contribution in [0.4, 0.5) is 5.69 Å². The van der Waals surface area contributed by atoms with Gasteiger partial charge >= 0.3 is 0 Å². The Morgan fingerprint density at radius 2 is 1.48 bits per heavy atom. The number of sulfonamides is 1. The fraction of sp³-hybridized carbons (Fsp3) is 0.174. The van der Waals surface area contributed by atoms with Crippen LogP contribution in [-0.4, -0.2) is 32.3 Å². The van der Waals surface area contributed by atoms with Crippen LogP contribution in [0.15, 0.2) is 89.8 Å². The summed E-state index contributed by atoms with van der Waals surface area (Å²) in [5, 5.41) is 0. The molecule has 6 heteroatoms. The second kappa shape index (κ2) is 8.09. The molecule has 1 amide bonds. The van der Waals surface area contributed by atoms with E-state index in [1.54, 1.807) is 47.4 Å². The minimum atomic E-state index is -3.77. The second-order valence-corrected chi connectivity index (χ2v) is 8.79. The monoisotopic (exact) mass is 406 g/mol. The summed E-state index contributed by atoms with van der Waals surface area (Å²) < 4.78 is 28.0. The maximum atomic E-state index is 13.2. The van der Waals surface area contributed by atoms with Crippen LogP contribution in [0, 0.1) is 0 Å². The Labute approximate surface area is 171 Å². The standard InChI is InChI=1S/C23H22N2O3S/c26-23(25-16-15-19(17-25)18-9-3-1-4-10-18)21-13-7-8-14-22(21)24-29(27,28)20-11-5-2-6-12-20/h1-14,19,24H,15-17H2. The molecular weight excluding hydrogens is 384 g/mol. The summed E-state index contributed by atoms with van der Waals surface area (Å²) >= 11 is 0. The molecule has 5 nitrogen and oxygen atoms in total. The molecule has 0 radical (unpaired) electrons. The number of hydrogen-bond acceptors (Lipinski definition) is 3. The van der Waals surface area contributed by atoms with Gasteiger partial charge in [0.25, 0.3) is 15.9 Å². The van der Waals surface area contributed by atoms with Crippen molar-refractivity contribution in [2.45, 2.75) is 17.2 Å². The molecule has 1 atom stereocenters.